The molecule has 106 valence electrons. The predicted molar refractivity (Wildman–Crippen MR) is 75.9 cm³/mol. The number of aromatic amines is 1. The molecular weight excluding hydrogens is 298 g/mol. The summed E-state index contributed by atoms with van der Waals surface area (Å²) in [6.45, 7) is 0.497. The maximum atomic E-state index is 12.6. The molecule has 1 fully saturated rings. The number of rotatable bonds is 3. The Balaban J connectivity index is 2.00. The number of H-pyrrole nitrogens is 1. The van der Waals surface area contributed by atoms with Gasteiger partial charge in [0.1, 0.15) is 0 Å². The van der Waals surface area contributed by atoms with Gasteiger partial charge < -0.3 is 0 Å². The summed E-state index contributed by atoms with van der Waals surface area (Å²) in [5.74, 6) is 0. The van der Waals surface area contributed by atoms with Gasteiger partial charge >= 0.3 is 0 Å². The summed E-state index contributed by atoms with van der Waals surface area (Å²) in [5.41, 5.74) is 0.856. The fourth-order valence-corrected chi connectivity index (χ4v) is 4.44. The molecule has 1 atom stereocenters. The third-order valence-electron chi connectivity index (χ3n) is 3.53. The van der Waals surface area contributed by atoms with E-state index in [-0.39, 0.29) is 11.1 Å². The summed E-state index contributed by atoms with van der Waals surface area (Å²) < 4.78 is 26.7. The van der Waals surface area contributed by atoms with Crippen LogP contribution in [0.1, 0.15) is 24.4 Å². The van der Waals surface area contributed by atoms with Gasteiger partial charge in [-0.2, -0.15) is 9.40 Å². The van der Waals surface area contributed by atoms with Crippen LogP contribution < -0.4 is 0 Å². The summed E-state index contributed by atoms with van der Waals surface area (Å²) in [6, 6.07) is 8.65. The third kappa shape index (κ3) is 2.24. The Morgan fingerprint density at radius 1 is 1.30 bits per heavy atom. The first-order chi connectivity index (χ1) is 9.60. The molecule has 0 bridgehead atoms. The number of aromatic nitrogens is 2. The lowest BCUT2D eigenvalue weighted by Gasteiger charge is -2.24. The summed E-state index contributed by atoms with van der Waals surface area (Å²) in [5, 5.41) is 6.97. The molecule has 7 heteroatoms. The molecule has 1 unspecified atom stereocenters. The predicted octanol–water partition coefficient (Wildman–Crippen LogP) is 2.59. The molecular formula is C13H14ClN3O2S. The molecule has 1 N–H and O–H groups in total. The minimum atomic E-state index is -3.55. The number of hydrogen-bond acceptors (Lipinski definition) is 3. The zero-order chi connectivity index (χ0) is 14.2. The smallest absolute Gasteiger partial charge is 0.260 e. The van der Waals surface area contributed by atoms with E-state index in [2.05, 4.69) is 10.2 Å². The molecule has 1 saturated heterocycles. The number of halogens is 1. The van der Waals surface area contributed by atoms with Crippen LogP contribution >= 0.6 is 11.6 Å². The van der Waals surface area contributed by atoms with Crippen molar-refractivity contribution in [2.45, 2.75) is 23.9 Å². The zero-order valence-corrected chi connectivity index (χ0v) is 12.2. The van der Waals surface area contributed by atoms with Gasteiger partial charge in [0.25, 0.3) is 10.0 Å². The molecule has 2 aromatic rings. The molecule has 0 spiro atoms. The van der Waals surface area contributed by atoms with E-state index in [9.17, 15) is 8.42 Å². The Kier molecular flexibility index (Phi) is 3.54. The molecule has 1 aliphatic rings. The molecule has 0 saturated carbocycles. The van der Waals surface area contributed by atoms with Crippen molar-refractivity contribution in [1.29, 1.82) is 0 Å². The van der Waals surface area contributed by atoms with Gasteiger partial charge in [0.15, 0.2) is 5.03 Å². The molecule has 0 aliphatic carbocycles. The van der Waals surface area contributed by atoms with E-state index in [1.807, 2.05) is 18.2 Å². The number of benzene rings is 1. The highest BCUT2D eigenvalue weighted by atomic mass is 35.5. The van der Waals surface area contributed by atoms with Gasteiger partial charge in [-0.1, -0.05) is 29.8 Å². The van der Waals surface area contributed by atoms with Crippen LogP contribution in [0.3, 0.4) is 0 Å². The number of nitrogens with zero attached hydrogens (tertiary/aromatic N) is 2. The van der Waals surface area contributed by atoms with Crippen molar-refractivity contribution >= 4 is 21.6 Å². The molecule has 3 rings (SSSR count). The normalized spacial score (nSPS) is 20.4. The minimum absolute atomic E-state index is 0.122. The number of sulfonamides is 1. The maximum absolute atomic E-state index is 12.6. The van der Waals surface area contributed by atoms with Gasteiger partial charge in [0.2, 0.25) is 0 Å². The fraction of sp³-hybridized carbons (Fsp3) is 0.308. The Labute approximate surface area is 122 Å². The van der Waals surface area contributed by atoms with Gasteiger partial charge in [0, 0.05) is 11.6 Å². The van der Waals surface area contributed by atoms with Crippen LogP contribution in [0.25, 0.3) is 0 Å². The molecule has 1 aromatic carbocycles. The lowest BCUT2D eigenvalue weighted by atomic mass is 10.1. The maximum Gasteiger partial charge on any atom is 0.260 e. The molecule has 5 nitrogen and oxygen atoms in total. The van der Waals surface area contributed by atoms with Crippen molar-refractivity contribution < 1.29 is 8.42 Å². The van der Waals surface area contributed by atoms with Crippen LogP contribution in [0.5, 0.6) is 0 Å². The van der Waals surface area contributed by atoms with E-state index in [0.717, 1.165) is 18.4 Å². The lowest BCUT2D eigenvalue weighted by molar-refractivity contribution is 0.395. The summed E-state index contributed by atoms with van der Waals surface area (Å²) in [4.78, 5) is 0. The molecule has 1 aromatic heterocycles. The van der Waals surface area contributed by atoms with Gasteiger partial charge in [-0.3, -0.25) is 5.10 Å². The average molecular weight is 312 g/mol. The summed E-state index contributed by atoms with van der Waals surface area (Å²) in [7, 11) is -3.55. The highest BCUT2D eigenvalue weighted by Crippen LogP contribution is 2.38. The second-order valence-electron chi connectivity index (χ2n) is 4.72. The van der Waals surface area contributed by atoms with Gasteiger partial charge in [-0.25, -0.2) is 8.42 Å². The van der Waals surface area contributed by atoms with Crippen molar-refractivity contribution in [3.63, 3.8) is 0 Å². The van der Waals surface area contributed by atoms with E-state index < -0.39 is 10.0 Å². The minimum Gasteiger partial charge on any atom is -0.266 e. The lowest BCUT2D eigenvalue weighted by Crippen LogP contribution is -2.31. The SMILES string of the molecule is O=S(=O)(c1ccn[nH]1)N1CCCC1c1ccccc1Cl. The monoisotopic (exact) mass is 311 g/mol. The van der Waals surface area contributed by atoms with E-state index in [1.54, 1.807) is 6.07 Å². The Hall–Kier alpha value is -1.37. The Bertz CT molecular complexity index is 700. The van der Waals surface area contributed by atoms with Crippen LogP contribution in [-0.2, 0) is 10.0 Å². The summed E-state index contributed by atoms with van der Waals surface area (Å²) >= 11 is 6.20. The van der Waals surface area contributed by atoms with Crippen LogP contribution in [-0.4, -0.2) is 29.5 Å². The third-order valence-corrected chi connectivity index (χ3v) is 5.71. The van der Waals surface area contributed by atoms with Crippen molar-refractivity contribution in [2.24, 2.45) is 0 Å². The summed E-state index contributed by atoms with van der Waals surface area (Å²) in [6.07, 6.45) is 3.04. The van der Waals surface area contributed by atoms with Gasteiger partial charge in [-0.15, -0.1) is 0 Å². The van der Waals surface area contributed by atoms with Gasteiger partial charge in [0.05, 0.1) is 12.2 Å². The number of hydrogen-bond donors (Lipinski definition) is 1. The first kappa shape index (κ1) is 13.6. The van der Waals surface area contributed by atoms with Crippen LogP contribution in [0.15, 0.2) is 41.6 Å². The van der Waals surface area contributed by atoms with Crippen LogP contribution in [0, 0.1) is 0 Å². The largest absolute Gasteiger partial charge is 0.266 e. The van der Waals surface area contributed by atoms with E-state index in [0.29, 0.717) is 11.6 Å². The van der Waals surface area contributed by atoms with Crippen molar-refractivity contribution in [1.82, 2.24) is 14.5 Å². The Morgan fingerprint density at radius 2 is 2.10 bits per heavy atom. The van der Waals surface area contributed by atoms with Crippen LogP contribution in [0.2, 0.25) is 5.02 Å². The zero-order valence-electron chi connectivity index (χ0n) is 10.7. The second-order valence-corrected chi connectivity index (χ2v) is 6.98. The number of nitrogens with one attached hydrogen (secondary N) is 1. The topological polar surface area (TPSA) is 66.1 Å². The second kappa shape index (κ2) is 5.20. The molecule has 20 heavy (non-hydrogen) atoms. The fourth-order valence-electron chi connectivity index (χ4n) is 2.60. The molecule has 2 heterocycles. The van der Waals surface area contributed by atoms with E-state index in [4.69, 9.17) is 11.6 Å². The van der Waals surface area contributed by atoms with Crippen molar-refractivity contribution in [3.05, 3.63) is 47.1 Å². The van der Waals surface area contributed by atoms with Crippen molar-refractivity contribution in [2.75, 3.05) is 6.54 Å². The molecule has 0 radical (unpaired) electrons. The highest BCUT2D eigenvalue weighted by Gasteiger charge is 2.37. The molecule has 0 amide bonds. The van der Waals surface area contributed by atoms with Crippen molar-refractivity contribution in [3.8, 4) is 0 Å². The molecule has 1 aliphatic heterocycles. The van der Waals surface area contributed by atoms with Crippen LogP contribution in [0.4, 0.5) is 0 Å². The quantitative estimate of drug-likeness (QED) is 0.947. The Morgan fingerprint density at radius 3 is 2.80 bits per heavy atom. The standard InChI is InChI=1S/C13H14ClN3O2S/c14-11-5-2-1-4-10(11)12-6-3-9-17(12)20(18,19)13-7-8-15-16-13/h1-2,4-5,7-8,12H,3,6,9H2,(H,15,16). The average Bonchev–Trinajstić information content (AvgIpc) is 3.11. The van der Waals surface area contributed by atoms with Gasteiger partial charge in [-0.05, 0) is 30.5 Å². The first-order valence-electron chi connectivity index (χ1n) is 6.36. The first-order valence-corrected chi connectivity index (χ1v) is 8.18. The highest BCUT2D eigenvalue weighted by molar-refractivity contribution is 7.89. The van der Waals surface area contributed by atoms with E-state index >= 15 is 0 Å². The van der Waals surface area contributed by atoms with E-state index in [1.165, 1.54) is 16.6 Å².